The Balaban J connectivity index is 3.23. The Labute approximate surface area is 57.1 Å². The molecule has 54 valence electrons. The fourth-order valence-electron chi connectivity index (χ4n) is 0.783. The molecule has 1 aromatic rings. The summed E-state index contributed by atoms with van der Waals surface area (Å²) in [7, 11) is 0. The average Bonchev–Trinajstić information content (AvgIpc) is 2.11. The van der Waals surface area contributed by atoms with Crippen LogP contribution < -0.4 is 0 Å². The lowest BCUT2D eigenvalue weighted by molar-refractivity contribution is 0.0693. The Morgan fingerprint density at radius 2 is 2.30 bits per heavy atom. The van der Waals surface area contributed by atoms with Crippen molar-refractivity contribution in [3.8, 4) is 5.75 Å². The summed E-state index contributed by atoms with van der Waals surface area (Å²) in [5.41, 5.74) is 0.407. The van der Waals surface area contributed by atoms with Crippen molar-refractivity contribution in [2.45, 2.75) is 6.92 Å². The van der Waals surface area contributed by atoms with Crippen molar-refractivity contribution in [2.75, 3.05) is 0 Å². The van der Waals surface area contributed by atoms with E-state index in [9.17, 15) is 4.79 Å². The van der Waals surface area contributed by atoms with E-state index in [4.69, 9.17) is 10.2 Å². The number of nitrogens with one attached hydrogen (secondary N) is 1. The second kappa shape index (κ2) is 2.06. The largest absolute Gasteiger partial charge is 0.505 e. The topological polar surface area (TPSA) is 73.3 Å². The zero-order chi connectivity index (χ0) is 7.72. The van der Waals surface area contributed by atoms with Gasteiger partial charge in [-0.2, -0.15) is 0 Å². The molecular formula is C6H7NO3. The standard InChI is InChI=1S/C6H7NO3/c1-3-5(6(9)10)4(8)2-7-3/h2,7-8H,1H3,(H,9,10). The molecule has 0 spiro atoms. The normalized spacial score (nSPS) is 9.70. The average molecular weight is 141 g/mol. The first-order valence-electron chi connectivity index (χ1n) is 2.73. The van der Waals surface area contributed by atoms with Gasteiger partial charge in [0.2, 0.25) is 0 Å². The van der Waals surface area contributed by atoms with Gasteiger partial charge in [0.15, 0.2) is 0 Å². The third-order valence-electron chi connectivity index (χ3n) is 1.27. The monoisotopic (exact) mass is 141 g/mol. The van der Waals surface area contributed by atoms with Crippen LogP contribution in [0.25, 0.3) is 0 Å². The predicted molar refractivity (Wildman–Crippen MR) is 34.2 cm³/mol. The molecule has 0 aromatic carbocycles. The zero-order valence-electron chi connectivity index (χ0n) is 5.38. The first kappa shape index (κ1) is 6.67. The summed E-state index contributed by atoms with van der Waals surface area (Å²) in [5.74, 6) is -1.33. The van der Waals surface area contributed by atoms with Gasteiger partial charge in [0, 0.05) is 11.9 Å². The van der Waals surface area contributed by atoms with Crippen LogP contribution in [0.2, 0.25) is 0 Å². The molecule has 0 bridgehead atoms. The van der Waals surface area contributed by atoms with Crippen LogP contribution in [0.1, 0.15) is 16.1 Å². The molecule has 0 fully saturated rings. The summed E-state index contributed by atoms with van der Waals surface area (Å²) in [6.07, 6.45) is 1.25. The predicted octanol–water partition coefficient (Wildman–Crippen LogP) is 0.727. The highest BCUT2D eigenvalue weighted by atomic mass is 16.4. The Morgan fingerprint density at radius 1 is 1.70 bits per heavy atom. The van der Waals surface area contributed by atoms with Crippen LogP contribution in [0.4, 0.5) is 0 Å². The smallest absolute Gasteiger partial charge is 0.341 e. The third-order valence-corrected chi connectivity index (χ3v) is 1.27. The highest BCUT2D eigenvalue weighted by Gasteiger charge is 2.13. The molecule has 1 heterocycles. The number of carboxylic acids is 1. The van der Waals surface area contributed by atoms with Gasteiger partial charge in [-0.1, -0.05) is 0 Å². The molecule has 0 unspecified atom stereocenters. The first-order chi connectivity index (χ1) is 4.63. The minimum atomic E-state index is -1.11. The minimum Gasteiger partial charge on any atom is -0.505 e. The van der Waals surface area contributed by atoms with E-state index in [-0.39, 0.29) is 11.3 Å². The van der Waals surface area contributed by atoms with Crippen LogP contribution in [0.15, 0.2) is 6.20 Å². The number of hydrogen-bond donors (Lipinski definition) is 3. The number of carboxylic acid groups (broad SMARTS) is 1. The van der Waals surface area contributed by atoms with Crippen molar-refractivity contribution in [2.24, 2.45) is 0 Å². The molecule has 0 aliphatic rings. The molecule has 0 amide bonds. The number of hydrogen-bond acceptors (Lipinski definition) is 2. The SMILES string of the molecule is Cc1[nH]cc(O)c1C(=O)O. The lowest BCUT2D eigenvalue weighted by Gasteiger charge is -1.90. The number of aromatic hydroxyl groups is 1. The van der Waals surface area contributed by atoms with Crippen molar-refractivity contribution in [1.29, 1.82) is 0 Å². The van der Waals surface area contributed by atoms with Gasteiger partial charge in [-0.3, -0.25) is 0 Å². The molecule has 10 heavy (non-hydrogen) atoms. The lowest BCUT2D eigenvalue weighted by Crippen LogP contribution is -1.96. The van der Waals surface area contributed by atoms with Crippen molar-refractivity contribution >= 4 is 5.97 Å². The number of aromatic nitrogens is 1. The molecule has 0 atom stereocenters. The Hall–Kier alpha value is -1.45. The molecule has 4 heteroatoms. The van der Waals surface area contributed by atoms with Crippen molar-refractivity contribution in [3.63, 3.8) is 0 Å². The molecule has 0 aliphatic heterocycles. The van der Waals surface area contributed by atoms with Crippen LogP contribution in [0.3, 0.4) is 0 Å². The van der Waals surface area contributed by atoms with E-state index in [0.717, 1.165) is 0 Å². The second-order valence-corrected chi connectivity index (χ2v) is 1.98. The summed E-state index contributed by atoms with van der Waals surface area (Å²) < 4.78 is 0. The first-order valence-corrected chi connectivity index (χ1v) is 2.73. The van der Waals surface area contributed by atoms with Crippen molar-refractivity contribution < 1.29 is 15.0 Å². The summed E-state index contributed by atoms with van der Waals surface area (Å²) >= 11 is 0. The zero-order valence-corrected chi connectivity index (χ0v) is 5.38. The van der Waals surface area contributed by atoms with E-state index in [2.05, 4.69) is 4.98 Å². The number of carbonyl (C=O) groups is 1. The van der Waals surface area contributed by atoms with E-state index in [1.807, 2.05) is 0 Å². The summed E-state index contributed by atoms with van der Waals surface area (Å²) in [5, 5.41) is 17.3. The van der Waals surface area contributed by atoms with Crippen LogP contribution in [-0.4, -0.2) is 21.2 Å². The van der Waals surface area contributed by atoms with Crippen LogP contribution in [0, 0.1) is 6.92 Å². The number of aryl methyl sites for hydroxylation is 1. The van der Waals surface area contributed by atoms with Gasteiger partial charge in [0.25, 0.3) is 0 Å². The van der Waals surface area contributed by atoms with Gasteiger partial charge in [-0.25, -0.2) is 4.79 Å². The highest BCUT2D eigenvalue weighted by molar-refractivity contribution is 5.92. The van der Waals surface area contributed by atoms with Gasteiger partial charge < -0.3 is 15.2 Å². The Bertz CT molecular complexity index is 244. The number of aromatic carboxylic acids is 1. The molecule has 0 saturated heterocycles. The van der Waals surface area contributed by atoms with E-state index in [0.29, 0.717) is 5.69 Å². The number of H-pyrrole nitrogens is 1. The van der Waals surface area contributed by atoms with E-state index in [1.165, 1.54) is 6.20 Å². The molecule has 4 nitrogen and oxygen atoms in total. The maximum Gasteiger partial charge on any atom is 0.341 e. The lowest BCUT2D eigenvalue weighted by atomic mass is 10.2. The molecule has 1 rings (SSSR count). The van der Waals surface area contributed by atoms with Gasteiger partial charge >= 0.3 is 5.97 Å². The molecular weight excluding hydrogens is 134 g/mol. The fraction of sp³-hybridized carbons (Fsp3) is 0.167. The van der Waals surface area contributed by atoms with E-state index < -0.39 is 5.97 Å². The van der Waals surface area contributed by atoms with Crippen molar-refractivity contribution in [1.82, 2.24) is 4.98 Å². The van der Waals surface area contributed by atoms with Gasteiger partial charge in [-0.15, -0.1) is 0 Å². The molecule has 1 aromatic heterocycles. The summed E-state index contributed by atoms with van der Waals surface area (Å²) in [6.45, 7) is 1.59. The van der Waals surface area contributed by atoms with E-state index in [1.54, 1.807) is 6.92 Å². The second-order valence-electron chi connectivity index (χ2n) is 1.98. The molecule has 3 N–H and O–H groups in total. The van der Waals surface area contributed by atoms with E-state index >= 15 is 0 Å². The Kier molecular flexibility index (Phi) is 1.37. The minimum absolute atomic E-state index is 0.0556. The fourth-order valence-corrected chi connectivity index (χ4v) is 0.783. The Morgan fingerprint density at radius 3 is 2.50 bits per heavy atom. The van der Waals surface area contributed by atoms with Crippen molar-refractivity contribution in [3.05, 3.63) is 17.5 Å². The third kappa shape index (κ3) is 0.834. The quantitative estimate of drug-likeness (QED) is 0.539. The van der Waals surface area contributed by atoms with Crippen LogP contribution >= 0.6 is 0 Å². The van der Waals surface area contributed by atoms with Gasteiger partial charge in [-0.05, 0) is 6.92 Å². The highest BCUT2D eigenvalue weighted by Crippen LogP contribution is 2.18. The summed E-state index contributed by atoms with van der Waals surface area (Å²) in [4.78, 5) is 12.9. The van der Waals surface area contributed by atoms with Gasteiger partial charge in [0.05, 0.1) is 0 Å². The molecule has 0 saturated carbocycles. The van der Waals surface area contributed by atoms with Crippen LogP contribution in [0.5, 0.6) is 5.75 Å². The van der Waals surface area contributed by atoms with Gasteiger partial charge in [0.1, 0.15) is 11.3 Å². The maximum atomic E-state index is 10.3. The molecule has 0 aliphatic carbocycles. The number of aromatic amines is 1. The molecule has 0 radical (unpaired) electrons. The summed E-state index contributed by atoms with van der Waals surface area (Å²) in [6, 6.07) is 0. The maximum absolute atomic E-state index is 10.3. The number of rotatable bonds is 1. The van der Waals surface area contributed by atoms with Crippen LogP contribution in [-0.2, 0) is 0 Å².